The number of nitrogens with one attached hydrogen (secondary N) is 1. The Morgan fingerprint density at radius 3 is 2.42 bits per heavy atom. The molecule has 3 rings (SSSR count). The zero-order chi connectivity index (χ0) is 16.9. The maximum absolute atomic E-state index is 11.0. The molecule has 126 valence electrons. The fourth-order valence-corrected chi connectivity index (χ4v) is 3.59. The van der Waals surface area contributed by atoms with Gasteiger partial charge in [0.1, 0.15) is 23.4 Å². The molecule has 1 saturated heterocycles. The van der Waals surface area contributed by atoms with Crippen LogP contribution in [0.25, 0.3) is 0 Å². The van der Waals surface area contributed by atoms with E-state index in [0.29, 0.717) is 13.2 Å². The maximum Gasteiger partial charge on any atom is 0.318 e. The Morgan fingerprint density at radius 2 is 1.83 bits per heavy atom. The fourth-order valence-electron chi connectivity index (χ4n) is 2.44. The molecular formula is C18H19NO4S. The predicted octanol–water partition coefficient (Wildman–Crippen LogP) is 3.06. The summed E-state index contributed by atoms with van der Waals surface area (Å²) in [6.07, 6.45) is 0. The first kappa shape index (κ1) is 16.7. The van der Waals surface area contributed by atoms with Gasteiger partial charge in [-0.25, -0.2) is 0 Å². The third kappa shape index (κ3) is 4.01. The van der Waals surface area contributed by atoms with Crippen LogP contribution in [-0.4, -0.2) is 30.0 Å². The van der Waals surface area contributed by atoms with Crippen LogP contribution >= 0.6 is 11.8 Å². The van der Waals surface area contributed by atoms with Crippen molar-refractivity contribution in [3.63, 3.8) is 0 Å². The molecule has 5 nitrogen and oxygen atoms in total. The van der Waals surface area contributed by atoms with Crippen molar-refractivity contribution in [2.45, 2.75) is 17.2 Å². The number of rotatable bonds is 6. The molecule has 0 unspecified atom stereocenters. The Morgan fingerprint density at radius 1 is 1.17 bits per heavy atom. The molecule has 2 atom stereocenters. The lowest BCUT2D eigenvalue weighted by atomic mass is 10.2. The lowest BCUT2D eigenvalue weighted by molar-refractivity contribution is -0.136. The molecule has 2 aromatic carbocycles. The minimum Gasteiger partial charge on any atom is -0.497 e. The number of hydrogen-bond donors (Lipinski definition) is 2. The van der Waals surface area contributed by atoms with Crippen LogP contribution < -0.4 is 14.8 Å². The zero-order valence-corrected chi connectivity index (χ0v) is 14.1. The van der Waals surface area contributed by atoms with Crippen molar-refractivity contribution in [2.75, 3.05) is 13.7 Å². The highest BCUT2D eigenvalue weighted by Crippen LogP contribution is 2.35. The Labute approximate surface area is 145 Å². The summed E-state index contributed by atoms with van der Waals surface area (Å²) in [6.45, 7) is 0.973. The van der Waals surface area contributed by atoms with Gasteiger partial charge in [-0.15, -0.1) is 11.8 Å². The highest BCUT2D eigenvalue weighted by molar-refractivity contribution is 8.01. The van der Waals surface area contributed by atoms with Crippen molar-refractivity contribution in [2.24, 2.45) is 0 Å². The summed E-state index contributed by atoms with van der Waals surface area (Å²) in [7, 11) is 1.64. The molecule has 0 radical (unpaired) electrons. The summed E-state index contributed by atoms with van der Waals surface area (Å²) in [5, 5.41) is 11.9. The molecule has 2 aromatic rings. The highest BCUT2D eigenvalue weighted by Gasteiger charge is 2.30. The smallest absolute Gasteiger partial charge is 0.318 e. The second kappa shape index (κ2) is 7.59. The molecule has 0 spiro atoms. The van der Waals surface area contributed by atoms with Crippen LogP contribution in [0.2, 0.25) is 0 Å². The molecular weight excluding hydrogens is 326 g/mol. The number of carboxylic acids is 1. The normalized spacial score (nSPS) is 19.9. The number of methoxy groups -OCH3 is 1. The quantitative estimate of drug-likeness (QED) is 0.839. The molecule has 2 N–H and O–H groups in total. The van der Waals surface area contributed by atoms with Crippen LogP contribution in [0.4, 0.5) is 0 Å². The summed E-state index contributed by atoms with van der Waals surface area (Å²) in [5.41, 5.74) is 2.12. The highest BCUT2D eigenvalue weighted by atomic mass is 32.2. The fraction of sp³-hybridized carbons (Fsp3) is 0.278. The summed E-state index contributed by atoms with van der Waals surface area (Å²) < 4.78 is 10.9. The lowest BCUT2D eigenvalue weighted by Crippen LogP contribution is -2.21. The van der Waals surface area contributed by atoms with Gasteiger partial charge in [0.15, 0.2) is 0 Å². The summed E-state index contributed by atoms with van der Waals surface area (Å²) in [4.78, 5) is 11.0. The maximum atomic E-state index is 11.0. The second-order valence-electron chi connectivity index (χ2n) is 5.46. The first-order chi connectivity index (χ1) is 11.7. The van der Waals surface area contributed by atoms with Crippen molar-refractivity contribution in [1.82, 2.24) is 5.32 Å². The first-order valence-corrected chi connectivity index (χ1v) is 8.57. The average Bonchev–Trinajstić information content (AvgIpc) is 3.11. The van der Waals surface area contributed by atoms with Crippen LogP contribution in [0.5, 0.6) is 11.5 Å². The van der Waals surface area contributed by atoms with E-state index in [-0.39, 0.29) is 10.6 Å². The molecule has 0 aromatic heterocycles. The number of carbonyl (C=O) groups is 1. The Bertz CT molecular complexity index is 687. The molecule has 24 heavy (non-hydrogen) atoms. The average molecular weight is 345 g/mol. The molecule has 0 aliphatic carbocycles. The Kier molecular flexibility index (Phi) is 5.27. The molecule has 0 saturated carbocycles. The lowest BCUT2D eigenvalue weighted by Gasteiger charge is -2.12. The largest absolute Gasteiger partial charge is 0.497 e. The van der Waals surface area contributed by atoms with E-state index in [1.54, 1.807) is 7.11 Å². The van der Waals surface area contributed by atoms with Gasteiger partial charge in [0.2, 0.25) is 0 Å². The van der Waals surface area contributed by atoms with Crippen molar-refractivity contribution in [1.29, 1.82) is 0 Å². The Hall–Kier alpha value is -2.18. The number of thioether (sulfide) groups is 1. The van der Waals surface area contributed by atoms with Gasteiger partial charge in [0.05, 0.1) is 12.5 Å². The van der Waals surface area contributed by atoms with E-state index in [4.69, 9.17) is 14.6 Å². The minimum atomic E-state index is -0.769. The second-order valence-corrected chi connectivity index (χ2v) is 6.77. The van der Waals surface area contributed by atoms with Gasteiger partial charge in [0, 0.05) is 6.54 Å². The first-order valence-electron chi connectivity index (χ1n) is 7.63. The topological polar surface area (TPSA) is 67.8 Å². The number of ether oxygens (including phenoxy) is 2. The van der Waals surface area contributed by atoms with Gasteiger partial charge in [-0.1, -0.05) is 24.3 Å². The van der Waals surface area contributed by atoms with Gasteiger partial charge < -0.3 is 14.6 Å². The minimum absolute atomic E-state index is 0.0155. The van der Waals surface area contributed by atoms with Crippen LogP contribution in [0, 0.1) is 0 Å². The van der Waals surface area contributed by atoms with Gasteiger partial charge in [0.25, 0.3) is 0 Å². The van der Waals surface area contributed by atoms with E-state index in [0.717, 1.165) is 22.6 Å². The molecule has 1 aliphatic heterocycles. The third-order valence-electron chi connectivity index (χ3n) is 3.81. The molecule has 6 heteroatoms. The molecule has 1 fully saturated rings. The van der Waals surface area contributed by atoms with Gasteiger partial charge >= 0.3 is 5.97 Å². The van der Waals surface area contributed by atoms with E-state index in [2.05, 4.69) is 5.32 Å². The monoisotopic (exact) mass is 345 g/mol. The van der Waals surface area contributed by atoms with Crippen molar-refractivity contribution < 1.29 is 19.4 Å². The zero-order valence-electron chi connectivity index (χ0n) is 13.3. The summed E-state index contributed by atoms with van der Waals surface area (Å²) in [5.74, 6) is 0.839. The van der Waals surface area contributed by atoms with Gasteiger partial charge in [-0.05, 0) is 35.4 Å². The molecule has 0 amide bonds. The van der Waals surface area contributed by atoms with Gasteiger partial charge in [-0.2, -0.15) is 0 Å². The van der Waals surface area contributed by atoms with E-state index in [9.17, 15) is 4.79 Å². The van der Waals surface area contributed by atoms with Crippen LogP contribution in [0.1, 0.15) is 16.5 Å². The van der Waals surface area contributed by atoms with Gasteiger partial charge in [-0.3, -0.25) is 10.1 Å². The van der Waals surface area contributed by atoms with Crippen molar-refractivity contribution in [3.8, 4) is 11.5 Å². The molecule has 0 bridgehead atoms. The summed E-state index contributed by atoms with van der Waals surface area (Å²) in [6, 6.07) is 15.5. The van der Waals surface area contributed by atoms with Crippen molar-refractivity contribution in [3.05, 3.63) is 59.7 Å². The van der Waals surface area contributed by atoms with Crippen LogP contribution in [0.3, 0.4) is 0 Å². The summed E-state index contributed by atoms with van der Waals surface area (Å²) >= 11 is 1.43. The number of benzene rings is 2. The number of carboxylic acid groups (broad SMARTS) is 1. The van der Waals surface area contributed by atoms with Crippen LogP contribution in [-0.2, 0) is 11.4 Å². The van der Waals surface area contributed by atoms with Crippen molar-refractivity contribution >= 4 is 17.7 Å². The van der Waals surface area contributed by atoms with E-state index in [1.807, 2.05) is 48.5 Å². The predicted molar refractivity (Wildman–Crippen MR) is 93.5 cm³/mol. The van der Waals surface area contributed by atoms with E-state index in [1.165, 1.54) is 11.8 Å². The van der Waals surface area contributed by atoms with E-state index < -0.39 is 5.97 Å². The SMILES string of the molecule is COc1ccc(COc2ccc([C@H]3NC[C@H](C(=O)O)S3)cc2)cc1. The molecule has 1 heterocycles. The van der Waals surface area contributed by atoms with E-state index >= 15 is 0 Å². The number of aliphatic carboxylic acids is 1. The van der Waals surface area contributed by atoms with Crippen LogP contribution in [0.15, 0.2) is 48.5 Å². The standard InChI is InChI=1S/C18H19NO4S/c1-22-14-6-2-12(3-7-14)11-23-15-8-4-13(5-9-15)17-19-10-16(24-17)18(20)21/h2-9,16-17,19H,10-11H2,1H3,(H,20,21)/t16-,17+/m1/s1. The molecule has 1 aliphatic rings. The number of hydrogen-bond acceptors (Lipinski definition) is 5. The Balaban J connectivity index is 1.55. The third-order valence-corrected chi connectivity index (χ3v) is 5.22.